The highest BCUT2D eigenvalue weighted by Gasteiger charge is 2.09. The molecule has 0 aliphatic rings. The molecule has 10 heavy (non-hydrogen) atoms. The number of quaternary nitrogens is 1. The van der Waals surface area contributed by atoms with Gasteiger partial charge < -0.3 is 21.5 Å². The molecule has 0 saturated carbocycles. The number of nitrogens with two attached hydrogens (primary N) is 1. The van der Waals surface area contributed by atoms with E-state index in [0.29, 0.717) is 6.67 Å². The highest BCUT2D eigenvalue weighted by atomic mass is 79.9. The first kappa shape index (κ1) is 13.3. The monoisotopic (exact) mass is 228 g/mol. The predicted octanol–water partition coefficient (Wildman–Crippen LogP) is -2.70. The van der Waals surface area contributed by atoms with E-state index in [9.17, 15) is 0 Å². The number of rotatable bonds is 4. The Morgan fingerprint density at radius 1 is 1.40 bits per heavy atom. The molecule has 0 saturated heterocycles. The fourth-order valence-electron chi connectivity index (χ4n) is 0.590. The van der Waals surface area contributed by atoms with Crippen LogP contribution in [0.3, 0.4) is 0 Å². The minimum atomic E-state index is 0. The van der Waals surface area contributed by atoms with Gasteiger partial charge in [0.05, 0.1) is 20.6 Å². The number of thiol groups is 1. The number of hydrogen-bond acceptors (Lipinski definition) is 2. The van der Waals surface area contributed by atoms with Crippen LogP contribution in [0.15, 0.2) is 0 Å². The molecular weight excluding hydrogens is 212 g/mol. The zero-order valence-electron chi connectivity index (χ0n) is 6.68. The lowest BCUT2D eigenvalue weighted by atomic mass is 10.4. The summed E-state index contributed by atoms with van der Waals surface area (Å²) in [5.41, 5.74) is 5.49. The Hall–Kier alpha value is 0.750. The summed E-state index contributed by atoms with van der Waals surface area (Å²) in [5, 5.41) is 0. The van der Waals surface area contributed by atoms with E-state index in [-0.39, 0.29) is 17.0 Å². The number of halogens is 1. The van der Waals surface area contributed by atoms with Crippen molar-refractivity contribution >= 4 is 12.6 Å². The Labute approximate surface area is 79.5 Å². The van der Waals surface area contributed by atoms with Gasteiger partial charge in [0.1, 0.15) is 6.67 Å². The van der Waals surface area contributed by atoms with Crippen molar-refractivity contribution in [3.8, 4) is 0 Å². The molecule has 0 aliphatic carbocycles. The second-order valence-electron chi connectivity index (χ2n) is 2.92. The highest BCUT2D eigenvalue weighted by molar-refractivity contribution is 7.80. The van der Waals surface area contributed by atoms with E-state index < -0.39 is 0 Å². The van der Waals surface area contributed by atoms with Crippen LogP contribution in [-0.4, -0.2) is 37.5 Å². The standard InChI is InChI=1S/C6H16N2S.BrH/c1-8(2,6-7)4-3-5-9;/h3-7H2,1-2H3;1H. The molecule has 0 heterocycles. The minimum absolute atomic E-state index is 0. The normalized spacial score (nSPS) is 10.8. The van der Waals surface area contributed by atoms with Crippen molar-refractivity contribution in [3.63, 3.8) is 0 Å². The smallest absolute Gasteiger partial charge is 0.129 e. The van der Waals surface area contributed by atoms with Crippen molar-refractivity contribution in [1.82, 2.24) is 0 Å². The summed E-state index contributed by atoms with van der Waals surface area (Å²) < 4.78 is 0.903. The second kappa shape index (κ2) is 6.46. The van der Waals surface area contributed by atoms with Crippen LogP contribution in [0.4, 0.5) is 0 Å². The molecule has 2 nitrogen and oxygen atoms in total. The molecule has 0 aromatic heterocycles. The van der Waals surface area contributed by atoms with E-state index in [1.165, 1.54) is 0 Å². The Morgan fingerprint density at radius 3 is 2.20 bits per heavy atom. The van der Waals surface area contributed by atoms with Crippen molar-refractivity contribution in [2.24, 2.45) is 5.73 Å². The van der Waals surface area contributed by atoms with Crippen molar-refractivity contribution in [2.75, 3.05) is 33.1 Å². The van der Waals surface area contributed by atoms with E-state index in [4.69, 9.17) is 5.73 Å². The summed E-state index contributed by atoms with van der Waals surface area (Å²) in [7, 11) is 4.26. The molecule has 0 fully saturated rings. The van der Waals surface area contributed by atoms with E-state index in [1.807, 2.05) is 0 Å². The molecule has 0 atom stereocenters. The first-order valence-corrected chi connectivity index (χ1v) is 3.88. The SMILES string of the molecule is C[N+](C)(CN)CCCS.[Br-]. The Bertz CT molecular complexity index is 78.1. The Morgan fingerprint density at radius 2 is 1.90 bits per heavy atom. The van der Waals surface area contributed by atoms with E-state index >= 15 is 0 Å². The molecule has 0 radical (unpaired) electrons. The van der Waals surface area contributed by atoms with Gasteiger partial charge in [-0.1, -0.05) is 0 Å². The number of nitrogens with zero attached hydrogens (tertiary/aromatic N) is 1. The second-order valence-corrected chi connectivity index (χ2v) is 3.37. The third-order valence-electron chi connectivity index (χ3n) is 1.42. The van der Waals surface area contributed by atoms with Crippen LogP contribution in [0.1, 0.15) is 6.42 Å². The number of hydrogen-bond donors (Lipinski definition) is 2. The fourth-order valence-corrected chi connectivity index (χ4v) is 0.731. The van der Waals surface area contributed by atoms with E-state index in [0.717, 1.165) is 23.2 Å². The van der Waals surface area contributed by atoms with Crippen LogP contribution < -0.4 is 22.7 Å². The van der Waals surface area contributed by atoms with Gasteiger partial charge >= 0.3 is 0 Å². The van der Waals surface area contributed by atoms with Gasteiger partial charge in [0, 0.05) is 6.42 Å². The molecule has 0 rings (SSSR count). The van der Waals surface area contributed by atoms with Crippen LogP contribution in [0.5, 0.6) is 0 Å². The summed E-state index contributed by atoms with van der Waals surface area (Å²) >= 11 is 4.12. The van der Waals surface area contributed by atoms with Gasteiger partial charge in [0.2, 0.25) is 0 Å². The Kier molecular flexibility index (Phi) is 8.62. The van der Waals surface area contributed by atoms with Gasteiger partial charge in [-0.15, -0.1) is 0 Å². The van der Waals surface area contributed by atoms with Gasteiger partial charge in [-0.05, 0) is 5.75 Å². The van der Waals surface area contributed by atoms with E-state index in [2.05, 4.69) is 26.7 Å². The average Bonchev–Trinajstić information content (AvgIpc) is 1.84. The maximum Gasteiger partial charge on any atom is 0.129 e. The van der Waals surface area contributed by atoms with Gasteiger partial charge in [-0.2, -0.15) is 12.6 Å². The molecule has 2 N–H and O–H groups in total. The summed E-state index contributed by atoms with van der Waals surface area (Å²) in [6.07, 6.45) is 1.15. The maximum atomic E-state index is 5.49. The van der Waals surface area contributed by atoms with Crippen molar-refractivity contribution in [2.45, 2.75) is 6.42 Å². The van der Waals surface area contributed by atoms with Crippen LogP contribution >= 0.6 is 12.6 Å². The van der Waals surface area contributed by atoms with Gasteiger partial charge in [0.15, 0.2) is 0 Å². The third-order valence-corrected chi connectivity index (χ3v) is 1.73. The van der Waals surface area contributed by atoms with Crippen molar-refractivity contribution in [1.29, 1.82) is 0 Å². The summed E-state index contributed by atoms with van der Waals surface area (Å²) in [6.45, 7) is 1.84. The van der Waals surface area contributed by atoms with Gasteiger partial charge in [-0.3, -0.25) is 5.73 Å². The first-order chi connectivity index (χ1) is 4.12. The molecule has 0 unspecified atom stereocenters. The molecule has 0 aromatic rings. The first-order valence-electron chi connectivity index (χ1n) is 3.25. The van der Waals surface area contributed by atoms with E-state index in [1.54, 1.807) is 0 Å². The fraction of sp³-hybridized carbons (Fsp3) is 1.00. The third kappa shape index (κ3) is 6.86. The van der Waals surface area contributed by atoms with Crippen LogP contribution in [-0.2, 0) is 0 Å². The Balaban J connectivity index is 0. The predicted molar refractivity (Wildman–Crippen MR) is 44.5 cm³/mol. The van der Waals surface area contributed by atoms with Crippen LogP contribution in [0.25, 0.3) is 0 Å². The largest absolute Gasteiger partial charge is 1.00 e. The lowest BCUT2D eigenvalue weighted by Gasteiger charge is -2.27. The van der Waals surface area contributed by atoms with Gasteiger partial charge in [-0.25, -0.2) is 0 Å². The highest BCUT2D eigenvalue weighted by Crippen LogP contribution is 1.96. The zero-order chi connectivity index (χ0) is 7.33. The topological polar surface area (TPSA) is 26.0 Å². The van der Waals surface area contributed by atoms with Crippen LogP contribution in [0.2, 0.25) is 0 Å². The zero-order valence-corrected chi connectivity index (χ0v) is 9.16. The molecular formula is C6H17BrN2S. The summed E-state index contributed by atoms with van der Waals surface area (Å²) in [6, 6.07) is 0. The maximum absolute atomic E-state index is 5.49. The average molecular weight is 229 g/mol. The minimum Gasteiger partial charge on any atom is -1.00 e. The van der Waals surface area contributed by atoms with Crippen LogP contribution in [0, 0.1) is 0 Å². The summed E-state index contributed by atoms with van der Waals surface area (Å²) in [5.74, 6) is 0.960. The molecule has 0 aromatic carbocycles. The molecule has 0 spiro atoms. The molecule has 0 amide bonds. The molecule has 0 aliphatic heterocycles. The summed E-state index contributed by atoms with van der Waals surface area (Å²) in [4.78, 5) is 0. The van der Waals surface area contributed by atoms with Crippen molar-refractivity contribution < 1.29 is 21.5 Å². The molecule has 0 bridgehead atoms. The lowest BCUT2D eigenvalue weighted by Crippen LogP contribution is -3.00. The van der Waals surface area contributed by atoms with Gasteiger partial charge in [0.25, 0.3) is 0 Å². The molecule has 4 heteroatoms. The quantitative estimate of drug-likeness (QED) is 0.306. The lowest BCUT2D eigenvalue weighted by molar-refractivity contribution is -0.889. The molecule has 64 valence electrons. The van der Waals surface area contributed by atoms with Crippen molar-refractivity contribution in [3.05, 3.63) is 0 Å².